The first-order valence-corrected chi connectivity index (χ1v) is 6.48. The van der Waals surface area contributed by atoms with Crippen molar-refractivity contribution in [1.29, 1.82) is 0 Å². The van der Waals surface area contributed by atoms with Crippen molar-refractivity contribution < 1.29 is 10.2 Å². The molecule has 0 saturated carbocycles. The molecule has 100 valence electrons. The third-order valence-corrected chi connectivity index (χ3v) is 3.72. The fourth-order valence-corrected chi connectivity index (χ4v) is 2.22. The largest absolute Gasteiger partial charge is 0.392 e. The van der Waals surface area contributed by atoms with Crippen molar-refractivity contribution in [3.8, 4) is 0 Å². The second kappa shape index (κ2) is 5.55. The van der Waals surface area contributed by atoms with E-state index in [1.807, 2.05) is 24.3 Å². The first-order valence-electron chi connectivity index (χ1n) is 6.48. The van der Waals surface area contributed by atoms with Crippen molar-refractivity contribution in [2.24, 2.45) is 0 Å². The third-order valence-electron chi connectivity index (χ3n) is 3.72. The number of aliphatic hydroxyl groups is 2. The van der Waals surface area contributed by atoms with Crippen molar-refractivity contribution in [1.82, 2.24) is 0 Å². The summed E-state index contributed by atoms with van der Waals surface area (Å²) in [5.74, 6) is 0. The van der Waals surface area contributed by atoms with Crippen LogP contribution >= 0.6 is 0 Å². The molecule has 0 fully saturated rings. The average molecular weight is 256 g/mol. The zero-order valence-corrected chi connectivity index (χ0v) is 11.4. The van der Waals surface area contributed by atoms with Crippen LogP contribution in [-0.2, 0) is 18.6 Å². The fourth-order valence-electron chi connectivity index (χ4n) is 2.22. The monoisotopic (exact) mass is 256 g/mol. The van der Waals surface area contributed by atoms with Crippen LogP contribution in [0.5, 0.6) is 0 Å². The van der Waals surface area contributed by atoms with Gasteiger partial charge in [0.1, 0.15) is 0 Å². The summed E-state index contributed by atoms with van der Waals surface area (Å²) in [6.45, 7) is 4.50. The Morgan fingerprint density at radius 3 is 1.26 bits per heavy atom. The van der Waals surface area contributed by atoms with Crippen LogP contribution in [0.3, 0.4) is 0 Å². The van der Waals surface area contributed by atoms with E-state index in [4.69, 9.17) is 10.2 Å². The molecule has 0 radical (unpaired) electrons. The fraction of sp³-hybridized carbons (Fsp3) is 0.294. The molecule has 2 nitrogen and oxygen atoms in total. The van der Waals surface area contributed by atoms with Gasteiger partial charge in [-0.2, -0.15) is 0 Å². The summed E-state index contributed by atoms with van der Waals surface area (Å²) in [6, 6.07) is 16.1. The second-order valence-corrected chi connectivity index (χ2v) is 5.34. The molecule has 0 aromatic heterocycles. The maximum Gasteiger partial charge on any atom is 0.0681 e. The van der Waals surface area contributed by atoms with E-state index in [2.05, 4.69) is 38.1 Å². The van der Waals surface area contributed by atoms with Crippen LogP contribution in [0.4, 0.5) is 0 Å². The Hall–Kier alpha value is -1.64. The highest BCUT2D eigenvalue weighted by molar-refractivity contribution is 5.39. The first kappa shape index (κ1) is 13.8. The number of hydrogen-bond donors (Lipinski definition) is 2. The molecule has 0 unspecified atom stereocenters. The molecule has 0 aliphatic carbocycles. The molecule has 0 aliphatic heterocycles. The average Bonchev–Trinajstić information content (AvgIpc) is 2.47. The minimum atomic E-state index is -0.0953. The molecule has 0 bridgehead atoms. The van der Waals surface area contributed by atoms with Gasteiger partial charge in [-0.1, -0.05) is 62.4 Å². The Bertz CT molecular complexity index is 475. The van der Waals surface area contributed by atoms with Crippen molar-refractivity contribution in [3.63, 3.8) is 0 Å². The van der Waals surface area contributed by atoms with E-state index in [0.717, 1.165) is 11.1 Å². The number of rotatable bonds is 4. The molecule has 0 atom stereocenters. The van der Waals surface area contributed by atoms with E-state index in [0.29, 0.717) is 0 Å². The molecule has 2 N–H and O–H groups in total. The lowest BCUT2D eigenvalue weighted by atomic mass is 9.78. The van der Waals surface area contributed by atoms with Crippen LogP contribution in [0.15, 0.2) is 48.5 Å². The highest BCUT2D eigenvalue weighted by Gasteiger charge is 2.22. The quantitative estimate of drug-likeness (QED) is 0.883. The number of hydrogen-bond acceptors (Lipinski definition) is 2. The van der Waals surface area contributed by atoms with Crippen LogP contribution < -0.4 is 0 Å². The van der Waals surface area contributed by atoms with E-state index >= 15 is 0 Å². The van der Waals surface area contributed by atoms with Gasteiger partial charge in [0.05, 0.1) is 13.2 Å². The summed E-state index contributed by atoms with van der Waals surface area (Å²) >= 11 is 0. The molecule has 0 saturated heterocycles. The van der Waals surface area contributed by atoms with Crippen molar-refractivity contribution in [2.45, 2.75) is 32.5 Å². The topological polar surface area (TPSA) is 40.5 Å². The molecular weight excluding hydrogens is 236 g/mol. The van der Waals surface area contributed by atoms with Crippen molar-refractivity contribution >= 4 is 0 Å². The lowest BCUT2D eigenvalue weighted by Gasteiger charge is -2.26. The maximum absolute atomic E-state index is 9.08. The Morgan fingerprint density at radius 1 is 0.684 bits per heavy atom. The summed E-state index contributed by atoms with van der Waals surface area (Å²) in [5.41, 5.74) is 4.18. The lowest BCUT2D eigenvalue weighted by Crippen LogP contribution is -2.18. The molecule has 0 amide bonds. The van der Waals surface area contributed by atoms with Gasteiger partial charge in [-0.05, 0) is 22.3 Å². The second-order valence-electron chi connectivity index (χ2n) is 5.34. The summed E-state index contributed by atoms with van der Waals surface area (Å²) in [6.07, 6.45) is 0. The van der Waals surface area contributed by atoms with Crippen LogP contribution in [0.1, 0.15) is 36.1 Å². The van der Waals surface area contributed by atoms with Gasteiger partial charge in [0.25, 0.3) is 0 Å². The van der Waals surface area contributed by atoms with Gasteiger partial charge in [-0.25, -0.2) is 0 Å². The third kappa shape index (κ3) is 2.86. The van der Waals surface area contributed by atoms with E-state index in [9.17, 15) is 0 Å². The van der Waals surface area contributed by atoms with Gasteiger partial charge in [-0.3, -0.25) is 0 Å². The van der Waals surface area contributed by atoms with Gasteiger partial charge in [0, 0.05) is 5.41 Å². The Morgan fingerprint density at radius 2 is 1.00 bits per heavy atom. The predicted octanol–water partition coefficient (Wildman–Crippen LogP) is 3.00. The highest BCUT2D eigenvalue weighted by atomic mass is 16.3. The summed E-state index contributed by atoms with van der Waals surface area (Å²) in [5, 5.41) is 18.2. The molecule has 19 heavy (non-hydrogen) atoms. The van der Waals surface area contributed by atoms with Gasteiger partial charge < -0.3 is 10.2 Å². The zero-order chi connectivity index (χ0) is 13.9. The van der Waals surface area contributed by atoms with E-state index < -0.39 is 0 Å². The maximum atomic E-state index is 9.08. The molecule has 0 spiro atoms. The molecule has 2 aromatic rings. The number of benzene rings is 2. The Labute approximate surface area is 114 Å². The minimum absolute atomic E-state index is 0.0753. The molecule has 2 aromatic carbocycles. The Kier molecular flexibility index (Phi) is 4.03. The van der Waals surface area contributed by atoms with E-state index in [-0.39, 0.29) is 18.6 Å². The van der Waals surface area contributed by atoms with Gasteiger partial charge >= 0.3 is 0 Å². The van der Waals surface area contributed by atoms with E-state index in [1.165, 1.54) is 11.1 Å². The molecular formula is C17H20O2. The zero-order valence-electron chi connectivity index (χ0n) is 11.4. The standard InChI is InChI=1S/C17H20O2/c1-17(2,15-7-3-13(11-18)4-8-15)16-9-5-14(12-19)6-10-16/h3-10,18-19H,11-12H2,1-2H3. The minimum Gasteiger partial charge on any atom is -0.392 e. The van der Waals surface area contributed by atoms with Gasteiger partial charge in [0.2, 0.25) is 0 Å². The van der Waals surface area contributed by atoms with Gasteiger partial charge in [0.15, 0.2) is 0 Å². The predicted molar refractivity (Wildman–Crippen MR) is 76.9 cm³/mol. The molecule has 2 rings (SSSR count). The normalized spacial score (nSPS) is 11.6. The van der Waals surface area contributed by atoms with Crippen molar-refractivity contribution in [3.05, 3.63) is 70.8 Å². The van der Waals surface area contributed by atoms with Crippen LogP contribution in [0.2, 0.25) is 0 Å². The summed E-state index contributed by atoms with van der Waals surface area (Å²) < 4.78 is 0. The van der Waals surface area contributed by atoms with Crippen LogP contribution in [0, 0.1) is 0 Å². The smallest absolute Gasteiger partial charge is 0.0681 e. The number of aliphatic hydroxyl groups excluding tert-OH is 2. The first-order chi connectivity index (χ1) is 9.07. The molecule has 0 aliphatic rings. The lowest BCUT2D eigenvalue weighted by molar-refractivity contribution is 0.281. The summed E-state index contributed by atoms with van der Waals surface area (Å²) in [4.78, 5) is 0. The van der Waals surface area contributed by atoms with E-state index in [1.54, 1.807) is 0 Å². The van der Waals surface area contributed by atoms with Crippen LogP contribution in [-0.4, -0.2) is 10.2 Å². The Balaban J connectivity index is 2.33. The van der Waals surface area contributed by atoms with Crippen molar-refractivity contribution in [2.75, 3.05) is 0 Å². The SMILES string of the molecule is CC(C)(c1ccc(CO)cc1)c1ccc(CO)cc1. The molecule has 2 heteroatoms. The highest BCUT2D eigenvalue weighted by Crippen LogP contribution is 2.31. The van der Waals surface area contributed by atoms with Crippen LogP contribution in [0.25, 0.3) is 0 Å². The van der Waals surface area contributed by atoms with Gasteiger partial charge in [-0.15, -0.1) is 0 Å². The summed E-state index contributed by atoms with van der Waals surface area (Å²) in [7, 11) is 0. The molecule has 0 heterocycles.